The average molecular weight is 438 g/mol. The minimum absolute atomic E-state index is 0.133. The van der Waals surface area contributed by atoms with Gasteiger partial charge in [0.05, 0.1) is 12.1 Å². The first kappa shape index (κ1) is 22.7. The van der Waals surface area contributed by atoms with E-state index in [1.165, 1.54) is 11.4 Å². The lowest BCUT2D eigenvalue weighted by Gasteiger charge is -2.49. The van der Waals surface area contributed by atoms with E-state index in [1.54, 1.807) is 0 Å². The number of nitrogens with one attached hydrogen (secondary N) is 4. The molecule has 1 aromatic rings. The summed E-state index contributed by atoms with van der Waals surface area (Å²) in [6, 6.07) is 9.48. The Morgan fingerprint density at radius 1 is 1.03 bits per heavy atom. The highest BCUT2D eigenvalue weighted by Gasteiger charge is 2.36. The smallest absolute Gasteiger partial charge is 0.147 e. The lowest BCUT2D eigenvalue weighted by atomic mass is 9.98. The van der Waals surface area contributed by atoms with Crippen molar-refractivity contribution < 1.29 is 0 Å². The number of piperazine rings is 1. The van der Waals surface area contributed by atoms with Crippen LogP contribution in [0.2, 0.25) is 0 Å². The molecule has 4 rings (SSSR count). The Hall–Kier alpha value is -2.48. The van der Waals surface area contributed by atoms with Crippen molar-refractivity contribution in [2.75, 3.05) is 25.0 Å². The van der Waals surface area contributed by atoms with Crippen LogP contribution in [0, 0.1) is 5.92 Å². The van der Waals surface area contributed by atoms with Crippen LogP contribution in [0.5, 0.6) is 0 Å². The van der Waals surface area contributed by atoms with E-state index in [1.807, 2.05) is 0 Å². The summed E-state index contributed by atoms with van der Waals surface area (Å²) in [5.41, 5.74) is 5.48. The van der Waals surface area contributed by atoms with Crippen LogP contribution in [0.3, 0.4) is 0 Å². The van der Waals surface area contributed by atoms with Crippen LogP contribution >= 0.6 is 0 Å². The zero-order valence-corrected chi connectivity index (χ0v) is 19.8. The first-order valence-electron chi connectivity index (χ1n) is 11.9. The Morgan fingerprint density at radius 3 is 2.50 bits per heavy atom. The Balaban J connectivity index is 1.48. The van der Waals surface area contributed by atoms with Crippen molar-refractivity contribution in [1.29, 1.82) is 0 Å². The van der Waals surface area contributed by atoms with Gasteiger partial charge in [0.2, 0.25) is 0 Å². The van der Waals surface area contributed by atoms with Crippen LogP contribution in [-0.2, 0) is 0 Å². The van der Waals surface area contributed by atoms with Crippen LogP contribution in [0.15, 0.2) is 60.6 Å². The molecular weight excluding hydrogens is 398 g/mol. The molecule has 1 saturated heterocycles. The molecule has 174 valence electrons. The summed E-state index contributed by atoms with van der Waals surface area (Å²) in [7, 11) is 0. The second kappa shape index (κ2) is 9.98. The quantitative estimate of drug-likeness (QED) is 0.255. The molecule has 0 bridgehead atoms. The third kappa shape index (κ3) is 4.80. The molecule has 32 heavy (non-hydrogen) atoms. The van der Waals surface area contributed by atoms with E-state index in [0.29, 0.717) is 30.0 Å². The predicted octanol–water partition coefficient (Wildman–Crippen LogP) is 2.47. The van der Waals surface area contributed by atoms with E-state index in [2.05, 4.69) is 114 Å². The van der Waals surface area contributed by atoms with Crippen LogP contribution < -0.4 is 27.2 Å². The molecule has 7 nitrogen and oxygen atoms in total. The largest absolute Gasteiger partial charge is 0.379 e. The van der Waals surface area contributed by atoms with Gasteiger partial charge < -0.3 is 20.9 Å². The molecule has 4 unspecified atom stereocenters. The summed E-state index contributed by atoms with van der Waals surface area (Å²) in [6.45, 7) is 11.8. The van der Waals surface area contributed by atoms with Crippen molar-refractivity contribution in [3.63, 3.8) is 0 Å². The third-order valence-corrected chi connectivity index (χ3v) is 6.80. The number of fused-ring (bicyclic) bond motifs is 1. The van der Waals surface area contributed by atoms with Crippen molar-refractivity contribution in [3.8, 4) is 0 Å². The Labute approximate surface area is 192 Å². The van der Waals surface area contributed by atoms with E-state index in [0.717, 1.165) is 25.3 Å². The maximum absolute atomic E-state index is 6.08. The molecule has 3 aliphatic rings. The van der Waals surface area contributed by atoms with Crippen LogP contribution in [0.1, 0.15) is 39.2 Å². The molecule has 0 radical (unpaired) electrons. The average Bonchev–Trinajstić information content (AvgIpc) is 2.82. The van der Waals surface area contributed by atoms with Crippen LogP contribution in [0.25, 0.3) is 0 Å². The van der Waals surface area contributed by atoms with Gasteiger partial charge in [-0.05, 0) is 23.5 Å². The number of nitrogens with two attached hydrogens (primary N) is 1. The van der Waals surface area contributed by atoms with Gasteiger partial charge in [-0.3, -0.25) is 10.7 Å². The van der Waals surface area contributed by atoms with Crippen LogP contribution in [0.4, 0.5) is 5.69 Å². The van der Waals surface area contributed by atoms with Gasteiger partial charge in [0.15, 0.2) is 0 Å². The maximum Gasteiger partial charge on any atom is 0.147 e. The van der Waals surface area contributed by atoms with Crippen molar-refractivity contribution in [2.45, 2.75) is 58.0 Å². The van der Waals surface area contributed by atoms with Crippen molar-refractivity contribution in [3.05, 3.63) is 66.2 Å². The monoisotopic (exact) mass is 437 g/mol. The van der Waals surface area contributed by atoms with Gasteiger partial charge in [0.25, 0.3) is 0 Å². The standard InChI is InChI=1S/C25H39N7/c1-17(2)19-9-5-6-10-20(19)29-25(30-26)32-14-13-31(16-23(32)18(3)4)24-15-27-21-11-7-8-12-22(21)28-24/h5-12,15,17-18,21-23,25,27-30H,13-14,16,26H2,1-4H3. The number of allylic oxidation sites excluding steroid dienone is 2. The molecule has 1 aliphatic carbocycles. The topological polar surface area (TPSA) is 80.6 Å². The van der Waals surface area contributed by atoms with E-state index in [9.17, 15) is 0 Å². The van der Waals surface area contributed by atoms with Gasteiger partial charge in [-0.15, -0.1) is 0 Å². The molecule has 0 spiro atoms. The Kier molecular flexibility index (Phi) is 7.08. The molecule has 2 aliphatic heterocycles. The molecule has 0 aromatic heterocycles. The van der Waals surface area contributed by atoms with Crippen LogP contribution in [-0.4, -0.2) is 53.8 Å². The number of nitrogens with zero attached hydrogens (tertiary/aromatic N) is 2. The van der Waals surface area contributed by atoms with Crippen molar-refractivity contribution in [2.24, 2.45) is 11.8 Å². The number of benzene rings is 1. The SMILES string of the molecule is CC(C)c1ccccc1NC(NN)N1CCN(C2=CNC3C=CC=CC3N2)CC1C(C)C. The normalized spacial score (nSPS) is 26.4. The van der Waals surface area contributed by atoms with E-state index in [-0.39, 0.29) is 6.29 Å². The number of anilines is 1. The van der Waals surface area contributed by atoms with Crippen molar-refractivity contribution in [1.82, 2.24) is 25.9 Å². The summed E-state index contributed by atoms with van der Waals surface area (Å²) >= 11 is 0. The number of hydrazine groups is 1. The van der Waals surface area contributed by atoms with Gasteiger partial charge in [0, 0.05) is 37.6 Å². The molecular formula is C25H39N7. The second-order valence-corrected chi connectivity index (χ2v) is 9.61. The van der Waals surface area contributed by atoms with E-state index in [4.69, 9.17) is 5.84 Å². The zero-order valence-electron chi connectivity index (χ0n) is 19.8. The predicted molar refractivity (Wildman–Crippen MR) is 132 cm³/mol. The first-order chi connectivity index (χ1) is 15.5. The number of hydrogen-bond donors (Lipinski definition) is 5. The summed E-state index contributed by atoms with van der Waals surface area (Å²) in [6.07, 6.45) is 10.7. The molecule has 0 saturated carbocycles. The highest BCUT2D eigenvalue weighted by atomic mass is 15.5. The first-order valence-corrected chi connectivity index (χ1v) is 11.9. The number of hydrogen-bond acceptors (Lipinski definition) is 7. The fourth-order valence-electron chi connectivity index (χ4n) is 4.93. The molecule has 6 N–H and O–H groups in total. The zero-order chi connectivity index (χ0) is 22.7. The third-order valence-electron chi connectivity index (χ3n) is 6.80. The molecule has 1 aromatic carbocycles. The van der Waals surface area contributed by atoms with E-state index >= 15 is 0 Å². The summed E-state index contributed by atoms with van der Waals surface area (Å²) in [5, 5.41) is 10.9. The molecule has 4 atom stereocenters. The van der Waals surface area contributed by atoms with Crippen molar-refractivity contribution >= 4 is 5.69 Å². The molecule has 1 fully saturated rings. The highest BCUT2D eigenvalue weighted by Crippen LogP contribution is 2.27. The fraction of sp³-hybridized carbons (Fsp3) is 0.520. The van der Waals surface area contributed by atoms with Gasteiger partial charge in [-0.25, -0.2) is 5.43 Å². The highest BCUT2D eigenvalue weighted by molar-refractivity contribution is 5.53. The minimum Gasteiger partial charge on any atom is -0.379 e. The summed E-state index contributed by atoms with van der Waals surface area (Å²) < 4.78 is 0. The summed E-state index contributed by atoms with van der Waals surface area (Å²) in [5.74, 6) is 8.18. The molecule has 7 heteroatoms. The van der Waals surface area contributed by atoms with Gasteiger partial charge in [-0.2, -0.15) is 0 Å². The van der Waals surface area contributed by atoms with Gasteiger partial charge in [0.1, 0.15) is 12.1 Å². The number of rotatable bonds is 7. The molecule has 2 heterocycles. The maximum atomic E-state index is 6.08. The second-order valence-electron chi connectivity index (χ2n) is 9.61. The lowest BCUT2D eigenvalue weighted by molar-refractivity contribution is 0.0251. The lowest BCUT2D eigenvalue weighted by Crippen LogP contribution is -2.65. The van der Waals surface area contributed by atoms with Gasteiger partial charge >= 0.3 is 0 Å². The molecule has 0 amide bonds. The Morgan fingerprint density at radius 2 is 1.78 bits per heavy atom. The summed E-state index contributed by atoms with van der Waals surface area (Å²) in [4.78, 5) is 4.94. The number of para-hydroxylation sites is 1. The minimum atomic E-state index is -0.133. The fourth-order valence-corrected chi connectivity index (χ4v) is 4.93. The Bertz CT molecular complexity index is 860. The van der Waals surface area contributed by atoms with E-state index < -0.39 is 0 Å². The van der Waals surface area contributed by atoms with Gasteiger partial charge in [-0.1, -0.05) is 70.2 Å².